The molecule has 2 atom stereocenters. The first kappa shape index (κ1) is 22.8. The molecule has 9 heteroatoms. The molecule has 180 valence electrons. The van der Waals surface area contributed by atoms with Crippen molar-refractivity contribution in [1.29, 1.82) is 0 Å². The van der Waals surface area contributed by atoms with Crippen molar-refractivity contribution in [3.8, 4) is 5.75 Å². The molecule has 8 nitrogen and oxygen atoms in total. The number of ether oxygens (including phenoxy) is 1. The second-order valence-electron chi connectivity index (χ2n) is 8.79. The second-order valence-corrected chi connectivity index (χ2v) is 8.79. The summed E-state index contributed by atoms with van der Waals surface area (Å²) in [5.74, 6) is 0.455. The van der Waals surface area contributed by atoms with E-state index in [1.54, 1.807) is 47.5 Å². The molecule has 0 spiro atoms. The number of hydrogen-bond acceptors (Lipinski definition) is 6. The summed E-state index contributed by atoms with van der Waals surface area (Å²) in [6.07, 6.45) is 2.89. The number of amides is 2. The van der Waals surface area contributed by atoms with Crippen LogP contribution in [0, 0.1) is 11.7 Å². The molecule has 1 aromatic heterocycles. The largest absolute Gasteiger partial charge is 0.489 e. The predicted molar refractivity (Wildman–Crippen MR) is 129 cm³/mol. The Bertz CT molecular complexity index is 1190. The highest BCUT2D eigenvalue weighted by Gasteiger charge is 2.30. The van der Waals surface area contributed by atoms with Gasteiger partial charge in [0.25, 0.3) is 5.91 Å². The van der Waals surface area contributed by atoms with Gasteiger partial charge >= 0.3 is 0 Å². The fourth-order valence-corrected chi connectivity index (χ4v) is 4.51. The van der Waals surface area contributed by atoms with Crippen molar-refractivity contribution in [3.05, 3.63) is 78.2 Å². The molecule has 5 rings (SSSR count). The predicted octanol–water partition coefficient (Wildman–Crippen LogP) is 3.37. The van der Waals surface area contributed by atoms with Gasteiger partial charge in [-0.2, -0.15) is 5.10 Å². The normalized spacial score (nSPS) is 19.6. The minimum atomic E-state index is -0.515. The lowest BCUT2D eigenvalue weighted by Crippen LogP contribution is -2.31. The van der Waals surface area contributed by atoms with Gasteiger partial charge in [0.15, 0.2) is 5.82 Å². The van der Waals surface area contributed by atoms with Crippen molar-refractivity contribution in [1.82, 2.24) is 15.1 Å². The molecule has 2 aliphatic heterocycles. The van der Waals surface area contributed by atoms with Crippen molar-refractivity contribution < 1.29 is 18.7 Å². The van der Waals surface area contributed by atoms with Gasteiger partial charge in [0, 0.05) is 37.9 Å². The van der Waals surface area contributed by atoms with Crippen LogP contribution in [-0.4, -0.2) is 59.2 Å². The van der Waals surface area contributed by atoms with E-state index < -0.39 is 5.82 Å². The molecular formula is C26H26FN5O3. The molecule has 3 heterocycles. The van der Waals surface area contributed by atoms with E-state index >= 15 is 0 Å². The molecule has 0 unspecified atom stereocenters. The lowest BCUT2D eigenvalue weighted by atomic mass is 10.1. The number of carbonyl (C=O) groups is 2. The number of likely N-dealkylation sites (tertiary alicyclic amines) is 1. The molecule has 2 fully saturated rings. The van der Waals surface area contributed by atoms with Crippen LogP contribution >= 0.6 is 0 Å². The third-order valence-corrected chi connectivity index (χ3v) is 6.40. The van der Waals surface area contributed by atoms with Crippen molar-refractivity contribution >= 4 is 23.3 Å². The monoisotopic (exact) mass is 475 g/mol. The zero-order chi connectivity index (χ0) is 24.2. The molecule has 3 aromatic rings. The van der Waals surface area contributed by atoms with Crippen molar-refractivity contribution in [2.24, 2.45) is 5.92 Å². The number of halogens is 1. The molecule has 2 saturated heterocycles. The van der Waals surface area contributed by atoms with Crippen molar-refractivity contribution in [3.63, 3.8) is 0 Å². The van der Waals surface area contributed by atoms with Crippen molar-refractivity contribution in [2.45, 2.75) is 18.9 Å². The molecule has 1 N–H and O–H groups in total. The van der Waals surface area contributed by atoms with E-state index in [0.29, 0.717) is 37.5 Å². The van der Waals surface area contributed by atoms with Crippen LogP contribution in [0.1, 0.15) is 23.2 Å². The average Bonchev–Trinajstić information content (AvgIpc) is 3.56. The van der Waals surface area contributed by atoms with Crippen molar-refractivity contribution in [2.75, 3.05) is 36.4 Å². The van der Waals surface area contributed by atoms with E-state index in [1.165, 1.54) is 12.1 Å². The van der Waals surface area contributed by atoms with Gasteiger partial charge in [-0.15, -0.1) is 5.10 Å². The van der Waals surface area contributed by atoms with Gasteiger partial charge in [-0.1, -0.05) is 12.1 Å². The molecule has 2 amide bonds. The van der Waals surface area contributed by atoms with Crippen LogP contribution in [0.4, 0.5) is 15.9 Å². The minimum absolute atomic E-state index is 0.0249. The maximum absolute atomic E-state index is 13.9. The Labute approximate surface area is 202 Å². The van der Waals surface area contributed by atoms with Crippen LogP contribution < -0.4 is 15.0 Å². The summed E-state index contributed by atoms with van der Waals surface area (Å²) in [5, 5.41) is 11.0. The van der Waals surface area contributed by atoms with Gasteiger partial charge in [0.05, 0.1) is 18.0 Å². The van der Waals surface area contributed by atoms with Gasteiger partial charge < -0.3 is 19.9 Å². The Morgan fingerprint density at radius 1 is 0.971 bits per heavy atom. The Balaban J connectivity index is 1.11. The van der Waals surface area contributed by atoms with Crippen LogP contribution in [0.25, 0.3) is 0 Å². The second kappa shape index (κ2) is 10.1. The average molecular weight is 476 g/mol. The molecule has 35 heavy (non-hydrogen) atoms. The summed E-state index contributed by atoms with van der Waals surface area (Å²) in [4.78, 5) is 29.0. The summed E-state index contributed by atoms with van der Waals surface area (Å²) >= 11 is 0. The summed E-state index contributed by atoms with van der Waals surface area (Å²) in [5.41, 5.74) is 0.776. The van der Waals surface area contributed by atoms with Gasteiger partial charge in [-0.3, -0.25) is 9.59 Å². The third kappa shape index (κ3) is 5.24. The number of hydrogen-bond donors (Lipinski definition) is 1. The summed E-state index contributed by atoms with van der Waals surface area (Å²) in [7, 11) is 0. The van der Waals surface area contributed by atoms with Gasteiger partial charge in [0.2, 0.25) is 5.91 Å². The minimum Gasteiger partial charge on any atom is -0.489 e. The smallest absolute Gasteiger partial charge is 0.256 e. The van der Waals surface area contributed by atoms with E-state index in [1.807, 2.05) is 12.1 Å². The zero-order valence-corrected chi connectivity index (χ0v) is 19.1. The number of aromatic nitrogens is 2. The Hall–Kier alpha value is -4.01. The lowest BCUT2D eigenvalue weighted by molar-refractivity contribution is -0.119. The number of anilines is 2. The van der Waals surface area contributed by atoms with Crippen LogP contribution in [0.2, 0.25) is 0 Å². The SMILES string of the molecule is O=C(Nc1ccc(O[C@@H]2CCN(C(=O)c3ccccc3F)C2)cc1)[C@H]1CCN(c2cccnn2)C1. The van der Waals surface area contributed by atoms with E-state index in [0.717, 1.165) is 18.8 Å². The maximum atomic E-state index is 13.9. The van der Waals surface area contributed by atoms with E-state index in [4.69, 9.17) is 4.74 Å². The van der Waals surface area contributed by atoms with E-state index in [2.05, 4.69) is 20.4 Å². The Kier molecular flexibility index (Phi) is 6.56. The van der Waals surface area contributed by atoms with Gasteiger partial charge in [-0.05, 0) is 55.0 Å². The Morgan fingerprint density at radius 2 is 1.80 bits per heavy atom. The molecular weight excluding hydrogens is 449 g/mol. The summed E-state index contributed by atoms with van der Waals surface area (Å²) in [6, 6.07) is 17.0. The molecule has 0 bridgehead atoms. The highest BCUT2D eigenvalue weighted by Crippen LogP contribution is 2.25. The lowest BCUT2D eigenvalue weighted by Gasteiger charge is -2.18. The standard InChI is InChI=1S/C26H26FN5O3/c27-23-5-2-1-4-22(23)26(34)32-15-12-21(17-32)35-20-9-7-19(8-10-20)29-25(33)18-11-14-31(16-18)24-6-3-13-28-30-24/h1-10,13,18,21H,11-12,14-17H2,(H,29,33)/t18-,21+/m0/s1. The number of benzene rings is 2. The van der Waals surface area contributed by atoms with E-state index in [-0.39, 0.29) is 29.4 Å². The number of nitrogens with zero attached hydrogens (tertiary/aromatic N) is 4. The quantitative estimate of drug-likeness (QED) is 0.588. The van der Waals surface area contributed by atoms with Crippen LogP contribution in [-0.2, 0) is 4.79 Å². The molecule has 0 radical (unpaired) electrons. The zero-order valence-electron chi connectivity index (χ0n) is 19.1. The molecule has 2 aromatic carbocycles. The fraction of sp³-hybridized carbons (Fsp3) is 0.308. The third-order valence-electron chi connectivity index (χ3n) is 6.40. The number of rotatable bonds is 6. The highest BCUT2D eigenvalue weighted by atomic mass is 19.1. The maximum Gasteiger partial charge on any atom is 0.256 e. The van der Waals surface area contributed by atoms with Crippen LogP contribution in [0.3, 0.4) is 0 Å². The number of carbonyl (C=O) groups excluding carboxylic acids is 2. The fourth-order valence-electron chi connectivity index (χ4n) is 4.51. The Morgan fingerprint density at radius 3 is 2.57 bits per heavy atom. The molecule has 0 aliphatic carbocycles. The summed E-state index contributed by atoms with van der Waals surface area (Å²) < 4.78 is 20.0. The first-order chi connectivity index (χ1) is 17.1. The molecule has 0 saturated carbocycles. The molecule has 2 aliphatic rings. The first-order valence-electron chi connectivity index (χ1n) is 11.7. The van der Waals surface area contributed by atoms with Gasteiger partial charge in [0.1, 0.15) is 17.7 Å². The van der Waals surface area contributed by atoms with Crippen LogP contribution in [0.5, 0.6) is 5.75 Å². The van der Waals surface area contributed by atoms with Crippen LogP contribution in [0.15, 0.2) is 66.9 Å². The topological polar surface area (TPSA) is 87.7 Å². The highest BCUT2D eigenvalue weighted by molar-refractivity contribution is 5.95. The van der Waals surface area contributed by atoms with E-state index in [9.17, 15) is 14.0 Å². The summed E-state index contributed by atoms with van der Waals surface area (Å²) in [6.45, 7) is 2.28. The first-order valence-corrected chi connectivity index (χ1v) is 11.7. The van der Waals surface area contributed by atoms with Gasteiger partial charge in [-0.25, -0.2) is 4.39 Å². The number of nitrogens with one attached hydrogen (secondary N) is 1.